The van der Waals surface area contributed by atoms with Gasteiger partial charge in [0.1, 0.15) is 7.63 Å². The quantitative estimate of drug-likeness (QED) is 0.464. The second-order valence-corrected chi connectivity index (χ2v) is 4.04. The first-order valence-electron chi connectivity index (χ1n) is 5.46. The maximum Gasteiger partial charge on any atom is 0.123 e. The van der Waals surface area contributed by atoms with Gasteiger partial charge in [0.15, 0.2) is 0 Å². The van der Waals surface area contributed by atoms with Gasteiger partial charge in [0.2, 0.25) is 0 Å². The number of carbonyl (C=O) groups is 1. The Hall–Kier alpha value is -0.590. The van der Waals surface area contributed by atoms with E-state index in [0.29, 0.717) is 5.92 Å². The maximum absolute atomic E-state index is 10.9. The van der Waals surface area contributed by atoms with Gasteiger partial charge in [-0.2, -0.15) is 0 Å². The highest BCUT2D eigenvalue weighted by molar-refractivity contribution is 5.55. The Bertz CT molecular complexity index is 230. The second kappa shape index (κ2) is 3.42. The summed E-state index contributed by atoms with van der Waals surface area (Å²) in [5.74, 6) is 1.18. The highest BCUT2D eigenvalue weighted by atomic mass is 16.1. The molecule has 2 saturated carbocycles. The molecule has 2 atom stereocenters. The zero-order valence-electron chi connectivity index (χ0n) is 8.33. The van der Waals surface area contributed by atoms with Crippen LogP contribution in [0.2, 0.25) is 0 Å². The smallest absolute Gasteiger partial charge is 0.123 e. The number of hydrogen-bond acceptors (Lipinski definition) is 1. The Kier molecular flexibility index (Phi) is 1.96. The Balaban J connectivity index is 1.92. The zero-order chi connectivity index (χ0) is 9.26. The van der Waals surface area contributed by atoms with Crippen LogP contribution in [0.5, 0.6) is 0 Å². The summed E-state index contributed by atoms with van der Waals surface area (Å²) in [6.07, 6.45) is 9.90. The molecule has 1 heteroatoms. The topological polar surface area (TPSA) is 17.1 Å². The molecule has 0 aromatic rings. The van der Waals surface area contributed by atoms with Crippen LogP contribution >= 0.6 is 0 Å². The fourth-order valence-electron chi connectivity index (χ4n) is 1.95. The van der Waals surface area contributed by atoms with Gasteiger partial charge in [0, 0.05) is 5.92 Å². The van der Waals surface area contributed by atoms with E-state index in [9.17, 15) is 4.79 Å². The minimum atomic E-state index is -0.358. The largest absolute Gasteiger partial charge is 0.303 e. The molecule has 0 bridgehead atoms. The summed E-state index contributed by atoms with van der Waals surface area (Å²) in [4.78, 5) is 10.9. The van der Waals surface area contributed by atoms with Crippen LogP contribution in [0.25, 0.3) is 0 Å². The fourth-order valence-corrected chi connectivity index (χ4v) is 1.95. The predicted octanol–water partition coefficient (Wildman–Crippen LogP) is 2.57. The van der Waals surface area contributed by atoms with E-state index in [4.69, 9.17) is 1.37 Å². The standard InChI is InChI=1S/C11H16O/c12-8-11-3-1-2-10(11)7-6-9-4-5-9/h6-11H,1-5H2/b7-6-/t10-,11-/m0/s1/i8D. The third-order valence-electron chi connectivity index (χ3n) is 2.97. The fraction of sp³-hybridized carbons (Fsp3) is 0.727. The van der Waals surface area contributed by atoms with Crippen molar-refractivity contribution in [1.82, 2.24) is 0 Å². The molecule has 1 nitrogen and oxygen atoms in total. The molecule has 0 aromatic carbocycles. The molecular weight excluding hydrogens is 148 g/mol. The number of rotatable bonds is 3. The van der Waals surface area contributed by atoms with Crippen molar-refractivity contribution in [1.29, 1.82) is 0 Å². The predicted molar refractivity (Wildman–Crippen MR) is 48.8 cm³/mol. The first-order valence-corrected chi connectivity index (χ1v) is 4.96. The van der Waals surface area contributed by atoms with E-state index in [2.05, 4.69) is 12.2 Å². The molecule has 2 aliphatic rings. The van der Waals surface area contributed by atoms with Crippen molar-refractivity contribution >= 4 is 6.26 Å². The molecule has 0 heterocycles. The van der Waals surface area contributed by atoms with E-state index in [-0.39, 0.29) is 12.2 Å². The van der Waals surface area contributed by atoms with E-state index in [1.54, 1.807) is 0 Å². The lowest BCUT2D eigenvalue weighted by Gasteiger charge is -2.07. The zero-order valence-corrected chi connectivity index (χ0v) is 7.33. The Morgan fingerprint density at radius 3 is 2.50 bits per heavy atom. The van der Waals surface area contributed by atoms with Crippen molar-refractivity contribution in [2.45, 2.75) is 32.1 Å². The number of allylic oxidation sites excluding steroid dienone is 2. The summed E-state index contributed by atoms with van der Waals surface area (Å²) in [5.41, 5.74) is 0. The van der Waals surface area contributed by atoms with Gasteiger partial charge in [0.25, 0.3) is 0 Å². The minimum absolute atomic E-state index is 0.00926. The van der Waals surface area contributed by atoms with Crippen molar-refractivity contribution in [3.8, 4) is 0 Å². The highest BCUT2D eigenvalue weighted by Gasteiger charge is 2.25. The van der Waals surface area contributed by atoms with Crippen molar-refractivity contribution in [3.63, 3.8) is 0 Å². The summed E-state index contributed by atoms with van der Waals surface area (Å²) >= 11 is 0. The normalized spacial score (nSPS) is 37.2. The molecule has 0 aromatic heterocycles. The summed E-state index contributed by atoms with van der Waals surface area (Å²) in [7, 11) is 0. The molecule has 0 amide bonds. The van der Waals surface area contributed by atoms with Gasteiger partial charge in [-0.3, -0.25) is 0 Å². The van der Waals surface area contributed by atoms with Crippen LogP contribution in [0.15, 0.2) is 12.2 Å². The lowest BCUT2D eigenvalue weighted by molar-refractivity contribution is -0.111. The van der Waals surface area contributed by atoms with E-state index in [1.165, 1.54) is 12.8 Å². The monoisotopic (exact) mass is 165 g/mol. The van der Waals surface area contributed by atoms with E-state index >= 15 is 0 Å². The molecular formula is C11H16O. The Morgan fingerprint density at radius 2 is 1.83 bits per heavy atom. The van der Waals surface area contributed by atoms with Gasteiger partial charge in [-0.25, -0.2) is 0 Å². The molecule has 12 heavy (non-hydrogen) atoms. The molecule has 0 aliphatic heterocycles. The van der Waals surface area contributed by atoms with E-state index < -0.39 is 0 Å². The van der Waals surface area contributed by atoms with Crippen LogP contribution in [-0.4, -0.2) is 6.26 Å². The number of aldehydes is 1. The van der Waals surface area contributed by atoms with Gasteiger partial charge in [0.05, 0.1) is 0 Å². The van der Waals surface area contributed by atoms with Crippen molar-refractivity contribution in [2.75, 3.05) is 0 Å². The number of carbonyl (C=O) groups excluding carboxylic acids is 1. The van der Waals surface area contributed by atoms with Crippen LogP contribution in [0.4, 0.5) is 0 Å². The van der Waals surface area contributed by atoms with Crippen molar-refractivity contribution in [2.24, 2.45) is 17.8 Å². The molecule has 2 fully saturated rings. The van der Waals surface area contributed by atoms with Crippen molar-refractivity contribution < 1.29 is 6.17 Å². The average molecular weight is 165 g/mol. The highest BCUT2D eigenvalue weighted by Crippen LogP contribution is 2.35. The second-order valence-electron chi connectivity index (χ2n) is 4.04. The maximum atomic E-state index is 10.9. The molecule has 0 radical (unpaired) electrons. The van der Waals surface area contributed by atoms with Gasteiger partial charge in [-0.15, -0.1) is 0 Å². The van der Waals surface area contributed by atoms with Crippen LogP contribution < -0.4 is 0 Å². The van der Waals surface area contributed by atoms with Crippen LogP contribution in [0, 0.1) is 17.8 Å². The number of hydrogen-bond donors (Lipinski definition) is 0. The molecule has 0 saturated heterocycles. The molecule has 66 valence electrons. The van der Waals surface area contributed by atoms with Crippen LogP contribution in [-0.2, 0) is 4.79 Å². The summed E-state index contributed by atoms with van der Waals surface area (Å²) in [6.45, 7) is 0. The Morgan fingerprint density at radius 1 is 1.08 bits per heavy atom. The average Bonchev–Trinajstić information content (AvgIpc) is 2.79. The summed E-state index contributed by atoms with van der Waals surface area (Å²) in [5, 5.41) is 0. The Labute approximate surface area is 75.3 Å². The minimum Gasteiger partial charge on any atom is -0.303 e. The first kappa shape index (κ1) is 6.88. The lowest BCUT2D eigenvalue weighted by atomic mass is 9.97. The van der Waals surface area contributed by atoms with E-state index in [1.807, 2.05) is 0 Å². The first-order chi connectivity index (χ1) is 6.27. The van der Waals surface area contributed by atoms with Gasteiger partial charge in [-0.1, -0.05) is 18.6 Å². The SMILES string of the molecule is [2H]C(=O)[C@@H]1CCC[C@H]1/C=C\C1CC1. The van der Waals surface area contributed by atoms with Gasteiger partial charge < -0.3 is 4.79 Å². The third-order valence-corrected chi connectivity index (χ3v) is 2.97. The van der Waals surface area contributed by atoms with Crippen molar-refractivity contribution in [3.05, 3.63) is 12.2 Å². The van der Waals surface area contributed by atoms with Crippen LogP contribution in [0.1, 0.15) is 33.5 Å². The lowest BCUT2D eigenvalue weighted by Crippen LogP contribution is -2.05. The summed E-state index contributed by atoms with van der Waals surface area (Å²) < 4.78 is 7.13. The molecule has 0 spiro atoms. The molecule has 2 aliphatic carbocycles. The molecule has 0 unspecified atom stereocenters. The van der Waals surface area contributed by atoms with Gasteiger partial charge in [-0.05, 0) is 37.5 Å². The summed E-state index contributed by atoms with van der Waals surface area (Å²) in [6, 6.07) is 0. The third kappa shape index (κ3) is 1.77. The van der Waals surface area contributed by atoms with E-state index in [0.717, 1.165) is 25.2 Å². The van der Waals surface area contributed by atoms with Gasteiger partial charge >= 0.3 is 0 Å². The molecule has 0 N–H and O–H groups in total. The van der Waals surface area contributed by atoms with Crippen LogP contribution in [0.3, 0.4) is 0 Å². The molecule has 2 rings (SSSR count).